The molecule has 0 amide bonds. The van der Waals surface area contributed by atoms with E-state index in [1.165, 1.54) is 0 Å². The second-order valence-electron chi connectivity index (χ2n) is 4.67. The first-order chi connectivity index (χ1) is 8.25. The lowest BCUT2D eigenvalue weighted by molar-refractivity contribution is -0.385. The smallest absolute Gasteiger partial charge is 0.372 e. The Kier molecular flexibility index (Phi) is 4.02. The standard InChI is InChI=1S/C10H17N5O3/c1-10(2,14(3)4)5-18-9-7(15(16)17)8(11)12-6-13-9/h6H,5H2,1-4H3,(H2,11,12,13). The van der Waals surface area contributed by atoms with Crippen LogP contribution >= 0.6 is 0 Å². The van der Waals surface area contributed by atoms with Crippen LogP contribution in [0.5, 0.6) is 5.88 Å². The number of rotatable bonds is 5. The van der Waals surface area contributed by atoms with E-state index in [0.717, 1.165) is 6.33 Å². The zero-order valence-corrected chi connectivity index (χ0v) is 10.9. The van der Waals surface area contributed by atoms with E-state index in [0.29, 0.717) is 0 Å². The van der Waals surface area contributed by atoms with E-state index in [-0.39, 0.29) is 23.8 Å². The molecule has 0 aromatic carbocycles. The van der Waals surface area contributed by atoms with Crippen molar-refractivity contribution in [1.82, 2.24) is 14.9 Å². The van der Waals surface area contributed by atoms with Crippen molar-refractivity contribution in [1.29, 1.82) is 0 Å². The molecule has 0 saturated heterocycles. The lowest BCUT2D eigenvalue weighted by Gasteiger charge is -2.31. The number of nitrogen functional groups attached to an aromatic ring is 1. The van der Waals surface area contributed by atoms with Gasteiger partial charge in [0, 0.05) is 5.54 Å². The molecule has 0 unspecified atom stereocenters. The normalized spacial score (nSPS) is 11.6. The van der Waals surface area contributed by atoms with Crippen LogP contribution in [-0.2, 0) is 0 Å². The maximum absolute atomic E-state index is 10.9. The molecular formula is C10H17N5O3. The maximum Gasteiger partial charge on any atom is 0.372 e. The number of nitro groups is 1. The van der Waals surface area contributed by atoms with Gasteiger partial charge in [-0.3, -0.25) is 10.1 Å². The van der Waals surface area contributed by atoms with Gasteiger partial charge in [0.05, 0.1) is 4.92 Å². The summed E-state index contributed by atoms with van der Waals surface area (Å²) in [6.45, 7) is 4.14. The minimum atomic E-state index is -0.646. The van der Waals surface area contributed by atoms with Gasteiger partial charge in [-0.2, -0.15) is 4.98 Å². The van der Waals surface area contributed by atoms with Crippen LogP contribution in [0.4, 0.5) is 11.5 Å². The van der Waals surface area contributed by atoms with Crippen LogP contribution in [0.3, 0.4) is 0 Å². The van der Waals surface area contributed by atoms with E-state index < -0.39 is 10.6 Å². The average Bonchev–Trinajstić information content (AvgIpc) is 2.25. The van der Waals surface area contributed by atoms with Crippen LogP contribution in [0.15, 0.2) is 6.33 Å². The van der Waals surface area contributed by atoms with E-state index in [1.807, 2.05) is 32.8 Å². The SMILES string of the molecule is CN(C)C(C)(C)COc1ncnc(N)c1[N+](=O)[O-]. The Bertz CT molecular complexity index is 447. The van der Waals surface area contributed by atoms with Crippen molar-refractivity contribution in [2.24, 2.45) is 0 Å². The highest BCUT2D eigenvalue weighted by Crippen LogP contribution is 2.29. The molecule has 0 aliphatic carbocycles. The van der Waals surface area contributed by atoms with E-state index in [1.54, 1.807) is 0 Å². The number of ether oxygens (including phenoxy) is 1. The van der Waals surface area contributed by atoms with Crippen molar-refractivity contribution < 1.29 is 9.66 Å². The molecule has 8 heteroatoms. The molecule has 0 aliphatic heterocycles. The Hall–Kier alpha value is -1.96. The average molecular weight is 255 g/mol. The number of aromatic nitrogens is 2. The van der Waals surface area contributed by atoms with Crippen LogP contribution < -0.4 is 10.5 Å². The van der Waals surface area contributed by atoms with Crippen LogP contribution in [0, 0.1) is 10.1 Å². The summed E-state index contributed by atoms with van der Waals surface area (Å²) in [4.78, 5) is 19.5. The summed E-state index contributed by atoms with van der Waals surface area (Å²) in [5, 5.41) is 10.9. The van der Waals surface area contributed by atoms with Gasteiger partial charge in [0.15, 0.2) is 0 Å². The molecule has 18 heavy (non-hydrogen) atoms. The third kappa shape index (κ3) is 3.04. The molecule has 0 aliphatic rings. The molecule has 1 aromatic rings. The fraction of sp³-hybridized carbons (Fsp3) is 0.600. The van der Waals surface area contributed by atoms with Crippen LogP contribution in [-0.4, -0.2) is 46.0 Å². The van der Waals surface area contributed by atoms with Crippen molar-refractivity contribution in [3.05, 3.63) is 16.4 Å². The molecule has 2 N–H and O–H groups in total. The number of hydrogen-bond donors (Lipinski definition) is 1. The van der Waals surface area contributed by atoms with Gasteiger partial charge in [0.1, 0.15) is 12.9 Å². The van der Waals surface area contributed by atoms with Crippen molar-refractivity contribution in [3.63, 3.8) is 0 Å². The summed E-state index contributed by atoms with van der Waals surface area (Å²) < 4.78 is 5.39. The molecule has 0 bridgehead atoms. The highest BCUT2D eigenvalue weighted by atomic mass is 16.6. The van der Waals surface area contributed by atoms with Gasteiger partial charge in [0.25, 0.3) is 5.88 Å². The first-order valence-electron chi connectivity index (χ1n) is 5.31. The van der Waals surface area contributed by atoms with Gasteiger partial charge in [-0.1, -0.05) is 0 Å². The van der Waals surface area contributed by atoms with Gasteiger partial charge in [-0.25, -0.2) is 4.98 Å². The molecular weight excluding hydrogens is 238 g/mol. The van der Waals surface area contributed by atoms with Crippen LogP contribution in [0.25, 0.3) is 0 Å². The summed E-state index contributed by atoms with van der Waals surface area (Å²) in [7, 11) is 3.79. The quantitative estimate of drug-likeness (QED) is 0.609. The summed E-state index contributed by atoms with van der Waals surface area (Å²) in [6.07, 6.45) is 1.14. The van der Waals surface area contributed by atoms with Crippen molar-refractivity contribution in [3.8, 4) is 5.88 Å². The van der Waals surface area contributed by atoms with Gasteiger partial charge >= 0.3 is 5.69 Å². The zero-order valence-electron chi connectivity index (χ0n) is 10.9. The number of anilines is 1. The Morgan fingerprint density at radius 1 is 1.50 bits per heavy atom. The number of nitrogens with zero attached hydrogens (tertiary/aromatic N) is 4. The first-order valence-corrected chi connectivity index (χ1v) is 5.31. The van der Waals surface area contributed by atoms with E-state index >= 15 is 0 Å². The minimum absolute atomic E-state index is 0.109. The second kappa shape index (κ2) is 5.13. The molecule has 0 saturated carbocycles. The van der Waals surface area contributed by atoms with Crippen molar-refractivity contribution >= 4 is 11.5 Å². The predicted octanol–water partition coefficient (Wildman–Crippen LogP) is 0.686. The third-order valence-corrected chi connectivity index (χ3v) is 2.77. The van der Waals surface area contributed by atoms with Gasteiger partial charge in [-0.05, 0) is 27.9 Å². The molecule has 8 nitrogen and oxygen atoms in total. The highest BCUT2D eigenvalue weighted by molar-refractivity contribution is 5.57. The summed E-state index contributed by atoms with van der Waals surface area (Å²) in [5.41, 5.74) is 4.76. The van der Waals surface area contributed by atoms with Crippen molar-refractivity contribution in [2.75, 3.05) is 26.4 Å². The molecule has 0 fully saturated rings. The van der Waals surface area contributed by atoms with Crippen molar-refractivity contribution in [2.45, 2.75) is 19.4 Å². The zero-order chi connectivity index (χ0) is 13.9. The third-order valence-electron chi connectivity index (χ3n) is 2.77. The molecule has 0 spiro atoms. The largest absolute Gasteiger partial charge is 0.471 e. The Balaban J connectivity index is 2.92. The molecule has 1 heterocycles. The van der Waals surface area contributed by atoms with Crippen LogP contribution in [0.2, 0.25) is 0 Å². The topological polar surface area (TPSA) is 107 Å². The maximum atomic E-state index is 10.9. The van der Waals surface area contributed by atoms with Gasteiger partial charge < -0.3 is 15.4 Å². The molecule has 100 valence electrons. The molecule has 1 rings (SSSR count). The Morgan fingerprint density at radius 2 is 2.11 bits per heavy atom. The summed E-state index contributed by atoms with van der Waals surface area (Å²) in [6, 6.07) is 0. The lowest BCUT2D eigenvalue weighted by Crippen LogP contribution is -2.43. The first kappa shape index (κ1) is 14.1. The predicted molar refractivity (Wildman–Crippen MR) is 66.4 cm³/mol. The fourth-order valence-corrected chi connectivity index (χ4v) is 1.03. The number of likely N-dealkylation sites (N-methyl/N-ethyl adjacent to an activating group) is 1. The van der Waals surface area contributed by atoms with E-state index in [9.17, 15) is 10.1 Å². The Morgan fingerprint density at radius 3 is 2.61 bits per heavy atom. The highest BCUT2D eigenvalue weighted by Gasteiger charge is 2.26. The van der Waals surface area contributed by atoms with Crippen LogP contribution in [0.1, 0.15) is 13.8 Å². The monoisotopic (exact) mass is 255 g/mol. The van der Waals surface area contributed by atoms with Gasteiger partial charge in [0.2, 0.25) is 5.82 Å². The van der Waals surface area contributed by atoms with Gasteiger partial charge in [-0.15, -0.1) is 0 Å². The fourth-order valence-electron chi connectivity index (χ4n) is 1.03. The minimum Gasteiger partial charge on any atom is -0.471 e. The summed E-state index contributed by atoms with van der Waals surface area (Å²) >= 11 is 0. The number of nitrogens with two attached hydrogens (primary N) is 1. The van der Waals surface area contributed by atoms with E-state index in [2.05, 4.69) is 9.97 Å². The number of hydrogen-bond acceptors (Lipinski definition) is 7. The molecule has 1 aromatic heterocycles. The molecule has 0 atom stereocenters. The second-order valence-corrected chi connectivity index (χ2v) is 4.67. The summed E-state index contributed by atoms with van der Waals surface area (Å²) in [5.74, 6) is -0.310. The lowest BCUT2D eigenvalue weighted by atomic mass is 10.1. The molecule has 0 radical (unpaired) electrons. The Labute approximate surface area is 105 Å². The van der Waals surface area contributed by atoms with E-state index in [4.69, 9.17) is 10.5 Å².